The van der Waals surface area contributed by atoms with E-state index in [0.29, 0.717) is 30.0 Å². The number of ether oxygens (including phenoxy) is 1. The molecule has 2 amide bonds. The molecule has 6 nitrogen and oxygen atoms in total. The summed E-state index contributed by atoms with van der Waals surface area (Å²) in [5, 5.41) is 0. The molecule has 4 fully saturated rings. The van der Waals surface area contributed by atoms with Gasteiger partial charge in [-0.2, -0.15) is 0 Å². The zero-order valence-electron chi connectivity index (χ0n) is 17.0. The molecule has 2 saturated carbocycles. The van der Waals surface area contributed by atoms with Gasteiger partial charge < -0.3 is 19.4 Å². The summed E-state index contributed by atoms with van der Waals surface area (Å²) in [6.07, 6.45) is 8.29. The number of nitrogens with zero attached hydrogens (tertiary/aromatic N) is 3. The highest BCUT2D eigenvalue weighted by Gasteiger charge is 2.51. The normalized spacial score (nSPS) is 31.8. The van der Waals surface area contributed by atoms with Crippen molar-refractivity contribution in [1.82, 2.24) is 14.7 Å². The average Bonchev–Trinajstić information content (AvgIpc) is 3.35. The van der Waals surface area contributed by atoms with Crippen LogP contribution in [0.25, 0.3) is 0 Å². The zero-order chi connectivity index (χ0) is 19.0. The first-order valence-corrected chi connectivity index (χ1v) is 10.9. The topological polar surface area (TPSA) is 53.1 Å². The lowest BCUT2D eigenvalue weighted by Gasteiger charge is -2.51. The lowest BCUT2D eigenvalue weighted by atomic mass is 9.64. The van der Waals surface area contributed by atoms with E-state index in [9.17, 15) is 9.59 Å². The molecule has 0 aromatic carbocycles. The van der Waals surface area contributed by atoms with Crippen molar-refractivity contribution >= 4 is 12.0 Å². The Balaban J connectivity index is 1.19. The first-order valence-electron chi connectivity index (χ1n) is 10.9. The van der Waals surface area contributed by atoms with Crippen molar-refractivity contribution in [3.8, 4) is 0 Å². The second kappa shape index (κ2) is 7.61. The molecule has 0 radical (unpaired) electrons. The number of likely N-dealkylation sites (tertiary alicyclic amines) is 2. The van der Waals surface area contributed by atoms with Crippen molar-refractivity contribution < 1.29 is 14.3 Å². The summed E-state index contributed by atoms with van der Waals surface area (Å²) in [5.74, 6) is 0.929. The van der Waals surface area contributed by atoms with Gasteiger partial charge in [0.05, 0.1) is 6.61 Å². The van der Waals surface area contributed by atoms with Gasteiger partial charge >= 0.3 is 6.09 Å². The number of rotatable bonds is 5. The molecule has 4 rings (SSSR count). The molecule has 0 bridgehead atoms. The summed E-state index contributed by atoms with van der Waals surface area (Å²) in [6, 6.07) is 1.23. The highest BCUT2D eigenvalue weighted by molar-refractivity contribution is 5.74. The van der Waals surface area contributed by atoms with Gasteiger partial charge in [-0.05, 0) is 76.3 Å². The minimum atomic E-state index is -0.135. The third-order valence-corrected chi connectivity index (χ3v) is 7.31. The highest BCUT2D eigenvalue weighted by Crippen LogP contribution is 2.50. The Labute approximate surface area is 163 Å². The largest absolute Gasteiger partial charge is 0.450 e. The van der Waals surface area contributed by atoms with E-state index in [1.54, 1.807) is 6.92 Å². The summed E-state index contributed by atoms with van der Waals surface area (Å²) < 4.78 is 5.16. The minimum Gasteiger partial charge on any atom is -0.450 e. The van der Waals surface area contributed by atoms with Gasteiger partial charge in [-0.1, -0.05) is 0 Å². The van der Waals surface area contributed by atoms with Crippen LogP contribution in [0, 0.1) is 11.3 Å². The van der Waals surface area contributed by atoms with Crippen LogP contribution in [0.5, 0.6) is 0 Å². The van der Waals surface area contributed by atoms with Crippen LogP contribution in [0.3, 0.4) is 0 Å². The monoisotopic (exact) mass is 377 g/mol. The summed E-state index contributed by atoms with van der Waals surface area (Å²) in [4.78, 5) is 30.5. The van der Waals surface area contributed by atoms with Gasteiger partial charge in [-0.25, -0.2) is 4.79 Å². The molecule has 0 aromatic heterocycles. The van der Waals surface area contributed by atoms with Gasteiger partial charge in [0.1, 0.15) is 0 Å². The molecule has 2 saturated heterocycles. The molecular formula is C21H35N3O3. The van der Waals surface area contributed by atoms with Crippen LogP contribution in [0.1, 0.15) is 58.8 Å². The second-order valence-electron chi connectivity index (χ2n) is 9.31. The average molecular weight is 378 g/mol. The number of hydrogen-bond acceptors (Lipinski definition) is 4. The smallest absolute Gasteiger partial charge is 0.409 e. The third kappa shape index (κ3) is 4.10. The fraction of sp³-hybridized carbons (Fsp3) is 0.905. The molecule has 1 spiro atoms. The number of carbonyl (C=O) groups is 2. The van der Waals surface area contributed by atoms with Crippen molar-refractivity contribution in [1.29, 1.82) is 0 Å². The van der Waals surface area contributed by atoms with E-state index in [0.717, 1.165) is 26.1 Å². The van der Waals surface area contributed by atoms with Crippen LogP contribution >= 0.6 is 0 Å². The lowest BCUT2D eigenvalue weighted by molar-refractivity contribution is -0.130. The van der Waals surface area contributed by atoms with E-state index >= 15 is 0 Å². The van der Waals surface area contributed by atoms with Crippen LogP contribution in [0.4, 0.5) is 4.79 Å². The first-order chi connectivity index (χ1) is 13.0. The molecule has 2 aliphatic heterocycles. The van der Waals surface area contributed by atoms with Crippen LogP contribution in [0.2, 0.25) is 0 Å². The summed E-state index contributed by atoms with van der Waals surface area (Å²) in [5.41, 5.74) is 0.353. The van der Waals surface area contributed by atoms with E-state index in [4.69, 9.17) is 4.74 Å². The Bertz CT molecular complexity index is 563. The van der Waals surface area contributed by atoms with E-state index in [1.165, 1.54) is 51.6 Å². The molecule has 0 aromatic rings. The standard InChI is InChI=1S/C21H35N3O3/c1-3-27-20(26)23-11-8-21(15-23)12-19(13-21)22-9-6-17(7-10-22)14-24(16(2)25)18-4-5-18/h17-19H,3-15H2,1-2H3. The van der Waals surface area contributed by atoms with Gasteiger partial charge in [-0.3, -0.25) is 4.79 Å². The Morgan fingerprint density at radius 3 is 2.41 bits per heavy atom. The maximum Gasteiger partial charge on any atom is 0.409 e. The van der Waals surface area contributed by atoms with E-state index in [1.807, 2.05) is 11.8 Å². The first kappa shape index (κ1) is 19.0. The lowest BCUT2D eigenvalue weighted by Crippen LogP contribution is -2.54. The van der Waals surface area contributed by atoms with E-state index in [2.05, 4.69) is 9.80 Å². The molecule has 4 aliphatic rings. The zero-order valence-corrected chi connectivity index (χ0v) is 17.0. The van der Waals surface area contributed by atoms with Crippen LogP contribution in [-0.4, -0.2) is 78.1 Å². The second-order valence-corrected chi connectivity index (χ2v) is 9.31. The number of amides is 2. The molecule has 0 N–H and O–H groups in total. The maximum absolute atomic E-state index is 11.9. The molecule has 0 atom stereocenters. The predicted molar refractivity (Wildman–Crippen MR) is 103 cm³/mol. The van der Waals surface area contributed by atoms with Gasteiger partial charge in [0, 0.05) is 38.6 Å². The fourth-order valence-electron chi connectivity index (χ4n) is 5.54. The molecule has 27 heavy (non-hydrogen) atoms. The van der Waals surface area contributed by atoms with Gasteiger partial charge in [0.15, 0.2) is 0 Å². The Kier molecular flexibility index (Phi) is 5.36. The van der Waals surface area contributed by atoms with Crippen molar-refractivity contribution in [2.45, 2.75) is 70.9 Å². The van der Waals surface area contributed by atoms with Crippen molar-refractivity contribution in [3.63, 3.8) is 0 Å². The number of hydrogen-bond donors (Lipinski definition) is 0. The van der Waals surface area contributed by atoms with Gasteiger partial charge in [0.2, 0.25) is 5.91 Å². The molecule has 2 heterocycles. The van der Waals surface area contributed by atoms with Gasteiger partial charge in [0.25, 0.3) is 0 Å². The van der Waals surface area contributed by atoms with Crippen molar-refractivity contribution in [2.24, 2.45) is 11.3 Å². The van der Waals surface area contributed by atoms with Crippen LogP contribution < -0.4 is 0 Å². The molecule has 6 heteroatoms. The van der Waals surface area contributed by atoms with Gasteiger partial charge in [-0.15, -0.1) is 0 Å². The fourth-order valence-corrected chi connectivity index (χ4v) is 5.54. The maximum atomic E-state index is 11.9. The third-order valence-electron chi connectivity index (χ3n) is 7.31. The highest BCUT2D eigenvalue weighted by atomic mass is 16.6. The summed E-state index contributed by atoms with van der Waals surface area (Å²) in [6.45, 7) is 9.10. The Morgan fingerprint density at radius 1 is 1.11 bits per heavy atom. The summed E-state index contributed by atoms with van der Waals surface area (Å²) in [7, 11) is 0. The predicted octanol–water partition coefficient (Wildman–Crippen LogP) is 2.72. The molecular weight excluding hydrogens is 342 g/mol. The quantitative estimate of drug-likeness (QED) is 0.739. The Hall–Kier alpha value is -1.30. The number of piperidine rings is 1. The molecule has 152 valence electrons. The summed E-state index contributed by atoms with van der Waals surface area (Å²) >= 11 is 0. The van der Waals surface area contributed by atoms with Crippen molar-refractivity contribution in [3.05, 3.63) is 0 Å². The molecule has 0 unspecified atom stereocenters. The SMILES string of the molecule is CCOC(=O)N1CCC2(CC(N3CCC(CN(C(C)=O)C4CC4)CC3)C2)C1. The van der Waals surface area contributed by atoms with Crippen LogP contribution in [0.15, 0.2) is 0 Å². The van der Waals surface area contributed by atoms with E-state index in [-0.39, 0.29) is 12.0 Å². The Morgan fingerprint density at radius 2 is 1.81 bits per heavy atom. The van der Waals surface area contributed by atoms with Crippen molar-refractivity contribution in [2.75, 3.05) is 39.3 Å². The number of carbonyl (C=O) groups excluding carboxylic acids is 2. The van der Waals surface area contributed by atoms with E-state index < -0.39 is 0 Å². The minimum absolute atomic E-state index is 0.135. The van der Waals surface area contributed by atoms with Crippen LogP contribution in [-0.2, 0) is 9.53 Å². The molecule has 2 aliphatic carbocycles.